The van der Waals surface area contributed by atoms with E-state index < -0.39 is 0 Å². The molecule has 0 aliphatic heterocycles. The zero-order valence-corrected chi connectivity index (χ0v) is 36.3. The summed E-state index contributed by atoms with van der Waals surface area (Å²) in [6.45, 7) is 4.25. The lowest BCUT2D eigenvalue weighted by molar-refractivity contribution is 0.669. The molecule has 0 saturated heterocycles. The van der Waals surface area contributed by atoms with Crippen LogP contribution in [0.3, 0.4) is 0 Å². The second-order valence-electron chi connectivity index (χ2n) is 17.1. The molecule has 0 aliphatic rings. The molecule has 0 radical (unpaired) electrons. The van der Waals surface area contributed by atoms with Crippen molar-refractivity contribution >= 4 is 98.0 Å². The molecule has 4 aromatic heterocycles. The molecule has 4 heterocycles. The van der Waals surface area contributed by atoms with E-state index in [1.54, 1.807) is 0 Å². The number of aromatic nitrogens is 4. The average Bonchev–Trinajstić information content (AvgIpc) is 4.05. The van der Waals surface area contributed by atoms with Crippen molar-refractivity contribution in [1.29, 1.82) is 0 Å². The number of hydrogen-bond donors (Lipinski definition) is 0. The molecule has 0 aliphatic carbocycles. The minimum Gasteiger partial charge on any atom is -0.456 e. The molecule has 0 N–H and O–H groups in total. The van der Waals surface area contributed by atoms with Crippen LogP contribution in [0.15, 0.2) is 203 Å². The van der Waals surface area contributed by atoms with E-state index in [0.29, 0.717) is 17.6 Å². The van der Waals surface area contributed by atoms with Crippen molar-refractivity contribution in [3.05, 3.63) is 194 Å². The lowest BCUT2D eigenvalue weighted by Crippen LogP contribution is -2.07. The van der Waals surface area contributed by atoms with Gasteiger partial charge in [-0.3, -0.25) is 4.57 Å². The summed E-state index contributed by atoms with van der Waals surface area (Å²) in [6, 6.07) is 68.0. The molecule has 0 fully saturated rings. The Labute approximate surface area is 379 Å². The predicted octanol–water partition coefficient (Wildman–Crippen LogP) is 16.6. The molecule has 6 heteroatoms. The highest BCUT2D eigenvalue weighted by molar-refractivity contribution is 6.23. The van der Waals surface area contributed by atoms with Crippen LogP contribution < -0.4 is 0 Å². The molecule has 0 saturated carbocycles. The minimum atomic E-state index is 0.512. The number of furan rings is 2. The van der Waals surface area contributed by atoms with Crippen LogP contribution in [-0.4, -0.2) is 19.5 Å². The topological polar surface area (TPSA) is 69.9 Å². The van der Waals surface area contributed by atoms with E-state index in [9.17, 15) is 0 Å². The molecule has 0 spiro atoms. The van der Waals surface area contributed by atoms with Crippen molar-refractivity contribution in [3.63, 3.8) is 0 Å². The monoisotopic (exact) mass is 848 g/mol. The second kappa shape index (κ2) is 15.0. The maximum Gasteiger partial charge on any atom is 0.238 e. The number of para-hydroxylation sites is 3. The Hall–Kier alpha value is -8.61. The Kier molecular flexibility index (Phi) is 8.61. The molecule has 10 aromatic carbocycles. The van der Waals surface area contributed by atoms with Gasteiger partial charge in [-0.05, 0) is 74.8 Å². The molecule has 0 unspecified atom stereocenters. The molecule has 0 amide bonds. The molecular weight excluding hydrogens is 809 g/mol. The minimum absolute atomic E-state index is 0.512. The first kappa shape index (κ1) is 37.9. The van der Waals surface area contributed by atoms with Crippen molar-refractivity contribution in [3.8, 4) is 39.9 Å². The maximum absolute atomic E-state index is 6.86. The van der Waals surface area contributed by atoms with Gasteiger partial charge in [0.15, 0.2) is 11.6 Å². The van der Waals surface area contributed by atoms with Gasteiger partial charge in [0.05, 0.1) is 11.0 Å². The van der Waals surface area contributed by atoms with Gasteiger partial charge in [-0.25, -0.2) is 4.98 Å². The highest BCUT2D eigenvalue weighted by Crippen LogP contribution is 2.44. The Balaban J connectivity index is 0.00000141. The summed E-state index contributed by atoms with van der Waals surface area (Å²) in [7, 11) is 0. The van der Waals surface area contributed by atoms with E-state index in [4.69, 9.17) is 23.8 Å². The van der Waals surface area contributed by atoms with Crippen LogP contribution in [0.4, 0.5) is 0 Å². The van der Waals surface area contributed by atoms with Gasteiger partial charge in [0, 0.05) is 54.6 Å². The third-order valence-electron chi connectivity index (χ3n) is 12.8. The van der Waals surface area contributed by atoms with Crippen LogP contribution in [0, 0.1) is 0 Å². The Bertz CT molecular complexity index is 4250. The van der Waals surface area contributed by atoms with E-state index in [2.05, 4.69) is 194 Å². The normalized spacial score (nSPS) is 11.8. The fraction of sp³-hybridized carbons (Fsp3) is 0.0500. The maximum atomic E-state index is 6.86. The number of fused-ring (bicyclic) bond motifs is 13. The van der Waals surface area contributed by atoms with Crippen molar-refractivity contribution in [1.82, 2.24) is 19.5 Å². The Morgan fingerprint density at radius 3 is 1.79 bits per heavy atom. The van der Waals surface area contributed by atoms with Gasteiger partial charge in [-0.1, -0.05) is 172 Å². The summed E-state index contributed by atoms with van der Waals surface area (Å²) in [6.07, 6.45) is 1.25. The van der Waals surface area contributed by atoms with Crippen molar-refractivity contribution in [2.24, 2.45) is 0 Å². The van der Waals surface area contributed by atoms with Crippen LogP contribution in [0.1, 0.15) is 20.3 Å². The van der Waals surface area contributed by atoms with E-state index >= 15 is 0 Å². The van der Waals surface area contributed by atoms with E-state index in [0.717, 1.165) is 109 Å². The largest absolute Gasteiger partial charge is 0.456 e. The fourth-order valence-corrected chi connectivity index (χ4v) is 9.87. The molecule has 14 rings (SSSR count). The lowest BCUT2D eigenvalue weighted by atomic mass is 9.98. The zero-order valence-electron chi connectivity index (χ0n) is 36.3. The zero-order chi connectivity index (χ0) is 43.9. The first-order valence-corrected chi connectivity index (χ1v) is 22.6. The highest BCUT2D eigenvalue weighted by Gasteiger charge is 2.24. The highest BCUT2D eigenvalue weighted by atomic mass is 16.3. The van der Waals surface area contributed by atoms with Crippen LogP contribution in [0.25, 0.3) is 138 Å². The first-order chi connectivity index (χ1) is 32.6. The van der Waals surface area contributed by atoms with Crippen molar-refractivity contribution < 1.29 is 8.83 Å². The van der Waals surface area contributed by atoms with Crippen molar-refractivity contribution in [2.75, 3.05) is 0 Å². The second-order valence-corrected chi connectivity index (χ2v) is 17.1. The van der Waals surface area contributed by atoms with Crippen LogP contribution in [0.2, 0.25) is 0 Å². The van der Waals surface area contributed by atoms with Crippen LogP contribution in [0.5, 0.6) is 0 Å². The third kappa shape index (κ3) is 5.92. The third-order valence-corrected chi connectivity index (χ3v) is 12.8. The number of nitrogens with zero attached hydrogens (tertiary/aromatic N) is 4. The molecule has 14 aromatic rings. The van der Waals surface area contributed by atoms with E-state index in [-0.39, 0.29) is 0 Å². The molecule has 0 bridgehead atoms. The molecule has 0 atom stereocenters. The summed E-state index contributed by atoms with van der Waals surface area (Å²) in [5.41, 5.74) is 9.03. The Morgan fingerprint density at radius 2 is 0.985 bits per heavy atom. The lowest BCUT2D eigenvalue weighted by Gasteiger charge is -2.13. The van der Waals surface area contributed by atoms with Gasteiger partial charge in [0.1, 0.15) is 22.3 Å². The summed E-state index contributed by atoms with van der Waals surface area (Å²) < 4.78 is 15.5. The average molecular weight is 849 g/mol. The summed E-state index contributed by atoms with van der Waals surface area (Å²) in [4.78, 5) is 16.1. The van der Waals surface area contributed by atoms with Gasteiger partial charge in [0.25, 0.3) is 0 Å². The van der Waals surface area contributed by atoms with Gasteiger partial charge in [-0.15, -0.1) is 0 Å². The molecule has 6 nitrogen and oxygen atoms in total. The molecule has 66 heavy (non-hydrogen) atoms. The van der Waals surface area contributed by atoms with Crippen LogP contribution in [-0.2, 0) is 0 Å². The number of hydrogen-bond acceptors (Lipinski definition) is 5. The van der Waals surface area contributed by atoms with Crippen LogP contribution >= 0.6 is 0 Å². The number of rotatable bonds is 4. The first-order valence-electron chi connectivity index (χ1n) is 22.6. The quantitative estimate of drug-likeness (QED) is 0.176. The van der Waals surface area contributed by atoms with Gasteiger partial charge in [0.2, 0.25) is 5.95 Å². The van der Waals surface area contributed by atoms with Gasteiger partial charge < -0.3 is 8.83 Å². The SMILES string of the molecule is CCC.c1ccc2cc(-c3nc(-c4ccc5c(c4)oc4ccccc45)nc(-n4c5cc6ccccc6cc5c5cccc(-c6cccc7c6oc6ccc8ccccc8c67)c54)n3)ccc2c1. The molecule has 312 valence electrons. The fourth-order valence-electron chi connectivity index (χ4n) is 9.87. The summed E-state index contributed by atoms with van der Waals surface area (Å²) in [5, 5.41) is 13.4. The summed E-state index contributed by atoms with van der Waals surface area (Å²) >= 11 is 0. The standard InChI is InChI=1S/C57H32N4O2.C3H8/c1-2-13-35-29-38(24-23-33(35)11-1)55-58-56(39-25-27-42-41-17-7-8-22-49(41)62-51(42)32-39)60-57(59-55)61-48-31-37-15-4-3-14-36(37)30-47(48)44-19-9-18-43(53(44)61)45-20-10-21-46-52-40-16-6-5-12-34(40)26-28-50(52)63-54(45)46;1-3-2/h1-32H;3H2,1-2H3. The Morgan fingerprint density at radius 1 is 0.394 bits per heavy atom. The predicted molar refractivity (Wildman–Crippen MR) is 274 cm³/mol. The van der Waals surface area contributed by atoms with Gasteiger partial charge in [-0.2, -0.15) is 9.97 Å². The van der Waals surface area contributed by atoms with Crippen molar-refractivity contribution in [2.45, 2.75) is 20.3 Å². The van der Waals surface area contributed by atoms with E-state index in [1.807, 2.05) is 18.2 Å². The number of benzene rings is 10. The van der Waals surface area contributed by atoms with Gasteiger partial charge >= 0.3 is 0 Å². The van der Waals surface area contributed by atoms with E-state index in [1.165, 1.54) is 17.2 Å². The smallest absolute Gasteiger partial charge is 0.238 e. The summed E-state index contributed by atoms with van der Waals surface area (Å²) in [5.74, 6) is 1.63. The molecular formula is C60H40N4O2.